The van der Waals surface area contributed by atoms with E-state index >= 15 is 0 Å². The van der Waals surface area contributed by atoms with E-state index in [1.807, 2.05) is 24.2 Å². The Morgan fingerprint density at radius 3 is 2.95 bits per heavy atom. The van der Waals surface area contributed by atoms with Crippen molar-refractivity contribution in [1.82, 2.24) is 5.53 Å². The zero-order chi connectivity index (χ0) is 13.8. The maximum Gasteiger partial charge on any atom is 0.330 e. The van der Waals surface area contributed by atoms with Crippen LogP contribution in [0.2, 0.25) is 0 Å². The summed E-state index contributed by atoms with van der Waals surface area (Å²) in [7, 11) is 3.49. The van der Waals surface area contributed by atoms with Crippen LogP contribution in [0.5, 0.6) is 5.75 Å². The zero-order valence-electron chi connectivity index (χ0n) is 11.2. The van der Waals surface area contributed by atoms with Gasteiger partial charge in [-0.3, -0.25) is 10.4 Å². The molecule has 1 aromatic carbocycles. The van der Waals surface area contributed by atoms with Gasteiger partial charge >= 0.3 is 5.97 Å². The predicted molar refractivity (Wildman–Crippen MR) is 73.8 cm³/mol. The van der Waals surface area contributed by atoms with E-state index in [0.29, 0.717) is 12.4 Å². The molecule has 0 saturated carbocycles. The van der Waals surface area contributed by atoms with E-state index in [0.717, 1.165) is 16.9 Å². The number of carbonyl (C=O) groups is 1. The van der Waals surface area contributed by atoms with Crippen LogP contribution < -0.4 is 20.7 Å². The number of hydrogen-bond donors (Lipinski definition) is 2. The minimum atomic E-state index is -0.355. The third kappa shape index (κ3) is 2.79. The molecule has 1 aliphatic rings. The highest BCUT2D eigenvalue weighted by molar-refractivity contribution is 5.89. The SMILES string of the molecule is CCOC(=O)/C=C/c1cc(OC)c2c(c1)N(C)NN2. The molecule has 19 heavy (non-hydrogen) atoms. The first-order valence-electron chi connectivity index (χ1n) is 5.98. The summed E-state index contributed by atoms with van der Waals surface area (Å²) in [6.07, 6.45) is 3.10. The molecule has 1 aromatic rings. The van der Waals surface area contributed by atoms with E-state index in [1.165, 1.54) is 6.08 Å². The Kier molecular flexibility index (Phi) is 3.91. The Bertz CT molecular complexity index is 514. The number of fused-ring (bicyclic) bond motifs is 1. The molecule has 0 atom stereocenters. The number of hydrogen-bond acceptors (Lipinski definition) is 6. The summed E-state index contributed by atoms with van der Waals surface area (Å²) in [5.41, 5.74) is 8.66. The molecule has 6 heteroatoms. The molecule has 0 amide bonds. The summed E-state index contributed by atoms with van der Waals surface area (Å²) in [5, 5.41) is 1.83. The van der Waals surface area contributed by atoms with Crippen LogP contribution in [0.1, 0.15) is 12.5 Å². The van der Waals surface area contributed by atoms with Gasteiger partial charge in [0.05, 0.1) is 19.4 Å². The molecule has 0 aromatic heterocycles. The lowest BCUT2D eigenvalue weighted by atomic mass is 10.1. The van der Waals surface area contributed by atoms with Crippen LogP contribution in [-0.2, 0) is 9.53 Å². The van der Waals surface area contributed by atoms with Gasteiger partial charge in [0.1, 0.15) is 11.4 Å². The Hall–Kier alpha value is -2.21. The van der Waals surface area contributed by atoms with Crippen molar-refractivity contribution in [1.29, 1.82) is 0 Å². The van der Waals surface area contributed by atoms with Crippen LogP contribution in [0.15, 0.2) is 18.2 Å². The first-order valence-corrected chi connectivity index (χ1v) is 5.98. The Balaban J connectivity index is 2.28. The molecule has 2 N–H and O–H groups in total. The lowest BCUT2D eigenvalue weighted by Crippen LogP contribution is -2.31. The fourth-order valence-electron chi connectivity index (χ4n) is 1.82. The molecule has 6 nitrogen and oxygen atoms in total. The molecule has 0 radical (unpaired) electrons. The first-order chi connectivity index (χ1) is 9.15. The van der Waals surface area contributed by atoms with Crippen LogP contribution in [0, 0.1) is 0 Å². The van der Waals surface area contributed by atoms with Crippen LogP contribution in [-0.4, -0.2) is 26.7 Å². The first kappa shape index (κ1) is 13.2. The maximum atomic E-state index is 11.3. The van der Waals surface area contributed by atoms with Gasteiger partial charge < -0.3 is 9.47 Å². The predicted octanol–water partition coefficient (Wildman–Crippen LogP) is 1.55. The van der Waals surface area contributed by atoms with Crippen molar-refractivity contribution in [3.8, 4) is 5.75 Å². The van der Waals surface area contributed by atoms with Gasteiger partial charge in [-0.2, -0.15) is 0 Å². The van der Waals surface area contributed by atoms with Gasteiger partial charge in [0.25, 0.3) is 0 Å². The number of nitrogens with zero attached hydrogens (tertiary/aromatic N) is 1. The van der Waals surface area contributed by atoms with E-state index in [-0.39, 0.29) is 5.97 Å². The lowest BCUT2D eigenvalue weighted by Gasteiger charge is -2.11. The Morgan fingerprint density at radius 2 is 2.26 bits per heavy atom. The van der Waals surface area contributed by atoms with Gasteiger partial charge in [0.15, 0.2) is 0 Å². The summed E-state index contributed by atoms with van der Waals surface area (Å²) in [6.45, 7) is 2.14. The van der Waals surface area contributed by atoms with E-state index in [2.05, 4.69) is 11.0 Å². The van der Waals surface area contributed by atoms with Crippen LogP contribution >= 0.6 is 0 Å². The molecule has 0 saturated heterocycles. The highest BCUT2D eigenvalue weighted by atomic mass is 16.5. The quantitative estimate of drug-likeness (QED) is 0.635. The van der Waals surface area contributed by atoms with Gasteiger partial charge in [0, 0.05) is 13.1 Å². The molecule has 1 aliphatic heterocycles. The number of nitrogens with one attached hydrogen (secondary N) is 2. The summed E-state index contributed by atoms with van der Waals surface area (Å²) in [4.78, 5) is 11.3. The maximum absolute atomic E-state index is 11.3. The Morgan fingerprint density at radius 1 is 1.47 bits per heavy atom. The average molecular weight is 263 g/mol. The molecule has 0 bridgehead atoms. The number of ether oxygens (including phenoxy) is 2. The molecule has 0 spiro atoms. The second-order valence-corrected chi connectivity index (χ2v) is 4.00. The Labute approximate surface area is 111 Å². The second-order valence-electron chi connectivity index (χ2n) is 4.00. The van der Waals surface area contributed by atoms with Gasteiger partial charge in [-0.1, -0.05) is 0 Å². The van der Waals surface area contributed by atoms with Crippen molar-refractivity contribution in [3.05, 3.63) is 23.8 Å². The lowest BCUT2D eigenvalue weighted by molar-refractivity contribution is -0.137. The molecule has 102 valence electrons. The van der Waals surface area contributed by atoms with Gasteiger partial charge in [-0.05, 0) is 30.7 Å². The number of carbonyl (C=O) groups excluding carboxylic acids is 1. The molecule has 1 heterocycles. The fraction of sp³-hybridized carbons (Fsp3) is 0.308. The topological polar surface area (TPSA) is 62.8 Å². The van der Waals surface area contributed by atoms with E-state index < -0.39 is 0 Å². The summed E-state index contributed by atoms with van der Waals surface area (Å²) < 4.78 is 10.2. The monoisotopic (exact) mass is 263 g/mol. The fourth-order valence-corrected chi connectivity index (χ4v) is 1.82. The average Bonchev–Trinajstić information content (AvgIpc) is 2.78. The smallest absolute Gasteiger partial charge is 0.330 e. The number of anilines is 2. The molecule has 0 unspecified atom stereocenters. The van der Waals surface area contributed by atoms with E-state index in [4.69, 9.17) is 9.47 Å². The van der Waals surface area contributed by atoms with Crippen molar-refractivity contribution in [2.75, 3.05) is 31.2 Å². The summed E-state index contributed by atoms with van der Waals surface area (Å²) >= 11 is 0. The van der Waals surface area contributed by atoms with Crippen LogP contribution in [0.25, 0.3) is 6.08 Å². The van der Waals surface area contributed by atoms with Crippen LogP contribution in [0.4, 0.5) is 11.4 Å². The van der Waals surface area contributed by atoms with Crippen molar-refractivity contribution < 1.29 is 14.3 Å². The van der Waals surface area contributed by atoms with Crippen molar-refractivity contribution in [3.63, 3.8) is 0 Å². The standard InChI is InChI=1S/C13H17N3O3/c1-4-19-12(17)6-5-9-7-10-13(11(8-9)18-3)14-15-16(10)2/h5-8,14-15H,4H2,1-3H3/b6-5+. The number of esters is 1. The molecule has 2 rings (SSSR count). The second kappa shape index (κ2) is 5.62. The molecular weight excluding hydrogens is 246 g/mol. The number of methoxy groups -OCH3 is 1. The molecule has 0 fully saturated rings. The molecular formula is C13H17N3O3. The summed E-state index contributed by atoms with van der Waals surface area (Å²) in [5.74, 6) is 0.351. The van der Waals surface area contributed by atoms with Gasteiger partial charge in [0.2, 0.25) is 0 Å². The third-order valence-corrected chi connectivity index (χ3v) is 2.73. The largest absolute Gasteiger partial charge is 0.494 e. The number of hydrazine groups is 2. The van der Waals surface area contributed by atoms with E-state index in [9.17, 15) is 4.79 Å². The zero-order valence-corrected chi connectivity index (χ0v) is 11.2. The van der Waals surface area contributed by atoms with E-state index in [1.54, 1.807) is 20.1 Å². The van der Waals surface area contributed by atoms with Gasteiger partial charge in [-0.15, -0.1) is 5.53 Å². The van der Waals surface area contributed by atoms with Crippen molar-refractivity contribution in [2.45, 2.75) is 6.92 Å². The van der Waals surface area contributed by atoms with Crippen molar-refractivity contribution in [2.24, 2.45) is 0 Å². The van der Waals surface area contributed by atoms with Crippen LogP contribution in [0.3, 0.4) is 0 Å². The summed E-state index contributed by atoms with van der Waals surface area (Å²) in [6, 6.07) is 3.79. The van der Waals surface area contributed by atoms with Gasteiger partial charge in [-0.25, -0.2) is 4.79 Å². The number of benzene rings is 1. The molecule has 0 aliphatic carbocycles. The minimum absolute atomic E-state index is 0.355. The number of rotatable bonds is 4. The van der Waals surface area contributed by atoms with Crippen molar-refractivity contribution >= 4 is 23.4 Å². The third-order valence-electron chi connectivity index (χ3n) is 2.73. The highest BCUT2D eigenvalue weighted by Gasteiger charge is 2.19. The minimum Gasteiger partial charge on any atom is -0.494 e. The normalized spacial score (nSPS) is 13.3. The highest BCUT2D eigenvalue weighted by Crippen LogP contribution is 2.38.